The second-order valence-corrected chi connectivity index (χ2v) is 7.85. The number of likely N-dealkylation sites (tertiary alicyclic amines) is 1. The average molecular weight is 338 g/mol. The summed E-state index contributed by atoms with van der Waals surface area (Å²) in [6.07, 6.45) is 2.77. The van der Waals surface area contributed by atoms with Crippen molar-refractivity contribution in [3.05, 3.63) is 45.8 Å². The molecule has 0 aliphatic carbocycles. The number of aryl methyl sites for hydroxylation is 1. The number of fused-ring (bicyclic) bond motifs is 6. The summed E-state index contributed by atoms with van der Waals surface area (Å²) in [6, 6.07) is 8.45. The maximum absolute atomic E-state index is 12.9. The monoisotopic (exact) mass is 338 g/mol. The molecule has 1 N–H and O–H groups in total. The van der Waals surface area contributed by atoms with E-state index in [1.165, 1.54) is 18.9 Å². The van der Waals surface area contributed by atoms with Crippen LogP contribution in [0.2, 0.25) is 0 Å². The standard InChI is InChI=1S/C20H22N2O3/c1-11-2-3-13-12(8-20(24)25-18(13)6-11)7-19(23)22-9-14-15(10-22)17-5-4-16(14)21-17/h2-3,6,8,14-17,21H,4-5,7,9-10H2,1H3/t14-,15+,16-,17+. The molecule has 2 bridgehead atoms. The van der Waals surface area contributed by atoms with Crippen LogP contribution in [0.25, 0.3) is 11.0 Å². The minimum atomic E-state index is -0.388. The molecule has 5 nitrogen and oxygen atoms in total. The van der Waals surface area contributed by atoms with E-state index in [0.717, 1.165) is 29.6 Å². The van der Waals surface area contributed by atoms with Crippen molar-refractivity contribution in [3.8, 4) is 0 Å². The van der Waals surface area contributed by atoms with Crippen LogP contribution in [0.1, 0.15) is 24.0 Å². The van der Waals surface area contributed by atoms with Gasteiger partial charge in [-0.05, 0) is 48.8 Å². The molecule has 0 radical (unpaired) electrons. The second kappa shape index (κ2) is 5.43. The summed E-state index contributed by atoms with van der Waals surface area (Å²) in [5, 5.41) is 4.55. The lowest BCUT2D eigenvalue weighted by Crippen LogP contribution is -2.35. The van der Waals surface area contributed by atoms with Crippen LogP contribution in [0.4, 0.5) is 0 Å². The Bertz CT molecular complexity index is 901. The van der Waals surface area contributed by atoms with E-state index in [-0.39, 0.29) is 18.0 Å². The molecule has 0 spiro atoms. The fourth-order valence-electron chi connectivity index (χ4n) is 5.14. The normalized spacial score (nSPS) is 30.2. The van der Waals surface area contributed by atoms with Crippen molar-refractivity contribution >= 4 is 16.9 Å². The lowest BCUT2D eigenvalue weighted by atomic mass is 9.82. The maximum Gasteiger partial charge on any atom is 0.336 e. The first kappa shape index (κ1) is 15.1. The minimum absolute atomic E-state index is 0.126. The highest BCUT2D eigenvalue weighted by atomic mass is 16.4. The summed E-state index contributed by atoms with van der Waals surface area (Å²) in [5.74, 6) is 1.35. The fourth-order valence-corrected chi connectivity index (χ4v) is 5.14. The molecule has 1 aromatic carbocycles. The van der Waals surface area contributed by atoms with Gasteiger partial charge < -0.3 is 14.6 Å². The molecule has 3 fully saturated rings. The summed E-state index contributed by atoms with van der Waals surface area (Å²) >= 11 is 0. The molecular weight excluding hydrogens is 316 g/mol. The van der Waals surface area contributed by atoms with Gasteiger partial charge in [0, 0.05) is 36.6 Å². The van der Waals surface area contributed by atoms with Crippen LogP contribution in [0.3, 0.4) is 0 Å². The smallest absolute Gasteiger partial charge is 0.336 e. The van der Waals surface area contributed by atoms with Crippen molar-refractivity contribution in [1.82, 2.24) is 10.2 Å². The van der Waals surface area contributed by atoms with Crippen molar-refractivity contribution in [2.24, 2.45) is 11.8 Å². The van der Waals surface area contributed by atoms with Gasteiger partial charge in [0.05, 0.1) is 6.42 Å². The van der Waals surface area contributed by atoms with Crippen molar-refractivity contribution < 1.29 is 9.21 Å². The number of rotatable bonds is 2. The molecule has 5 rings (SSSR count). The molecule has 2 aromatic rings. The first-order chi connectivity index (χ1) is 12.1. The summed E-state index contributed by atoms with van der Waals surface area (Å²) in [5.41, 5.74) is 1.99. The van der Waals surface area contributed by atoms with Gasteiger partial charge in [0.1, 0.15) is 5.58 Å². The fraction of sp³-hybridized carbons (Fsp3) is 0.500. The van der Waals surface area contributed by atoms with Crippen LogP contribution in [-0.2, 0) is 11.2 Å². The summed E-state index contributed by atoms with van der Waals surface area (Å²) in [6.45, 7) is 3.68. The zero-order valence-corrected chi connectivity index (χ0v) is 14.3. The van der Waals surface area contributed by atoms with Gasteiger partial charge in [0.15, 0.2) is 0 Å². The van der Waals surface area contributed by atoms with Crippen LogP contribution >= 0.6 is 0 Å². The lowest BCUT2D eigenvalue weighted by molar-refractivity contribution is -0.129. The molecule has 1 aromatic heterocycles. The summed E-state index contributed by atoms with van der Waals surface area (Å²) in [4.78, 5) is 26.8. The largest absolute Gasteiger partial charge is 0.423 e. The van der Waals surface area contributed by atoms with Gasteiger partial charge >= 0.3 is 5.63 Å². The van der Waals surface area contributed by atoms with E-state index in [9.17, 15) is 9.59 Å². The second-order valence-electron chi connectivity index (χ2n) is 7.85. The Hall–Kier alpha value is -2.14. The summed E-state index contributed by atoms with van der Waals surface area (Å²) < 4.78 is 5.30. The molecule has 4 atom stereocenters. The molecule has 25 heavy (non-hydrogen) atoms. The molecule has 1 amide bonds. The molecule has 130 valence electrons. The van der Waals surface area contributed by atoms with E-state index in [0.29, 0.717) is 29.5 Å². The first-order valence-electron chi connectivity index (χ1n) is 9.16. The number of benzene rings is 1. The molecule has 4 heterocycles. The topological polar surface area (TPSA) is 62.6 Å². The van der Waals surface area contributed by atoms with Gasteiger partial charge in [-0.15, -0.1) is 0 Å². The van der Waals surface area contributed by atoms with Crippen LogP contribution < -0.4 is 10.9 Å². The van der Waals surface area contributed by atoms with Gasteiger partial charge in [-0.3, -0.25) is 4.79 Å². The minimum Gasteiger partial charge on any atom is -0.423 e. The van der Waals surface area contributed by atoms with Crippen molar-refractivity contribution in [2.75, 3.05) is 13.1 Å². The maximum atomic E-state index is 12.9. The number of carbonyl (C=O) groups is 1. The summed E-state index contributed by atoms with van der Waals surface area (Å²) in [7, 11) is 0. The highest BCUT2D eigenvalue weighted by molar-refractivity contribution is 5.87. The zero-order valence-electron chi connectivity index (χ0n) is 14.3. The quantitative estimate of drug-likeness (QED) is 0.849. The molecule has 0 saturated carbocycles. The van der Waals surface area contributed by atoms with Crippen LogP contribution in [0, 0.1) is 18.8 Å². The van der Waals surface area contributed by atoms with E-state index < -0.39 is 0 Å². The van der Waals surface area contributed by atoms with Crippen LogP contribution in [0.5, 0.6) is 0 Å². The van der Waals surface area contributed by atoms with E-state index in [2.05, 4.69) is 5.32 Å². The molecule has 3 aliphatic heterocycles. The van der Waals surface area contributed by atoms with Gasteiger partial charge in [-0.25, -0.2) is 4.79 Å². The van der Waals surface area contributed by atoms with E-state index in [4.69, 9.17) is 4.42 Å². The van der Waals surface area contributed by atoms with Crippen molar-refractivity contribution in [3.63, 3.8) is 0 Å². The average Bonchev–Trinajstić information content (AvgIpc) is 3.27. The third-order valence-corrected chi connectivity index (χ3v) is 6.34. The molecule has 3 saturated heterocycles. The van der Waals surface area contributed by atoms with Gasteiger partial charge in [0.2, 0.25) is 5.91 Å². The lowest BCUT2D eigenvalue weighted by Gasteiger charge is -2.19. The third kappa shape index (κ3) is 2.41. The van der Waals surface area contributed by atoms with Gasteiger partial charge in [-0.2, -0.15) is 0 Å². The molecular formula is C20H22N2O3. The Morgan fingerprint density at radius 2 is 1.92 bits per heavy atom. The van der Waals surface area contributed by atoms with Crippen molar-refractivity contribution in [1.29, 1.82) is 0 Å². The number of hydrogen-bond donors (Lipinski definition) is 1. The Labute approximate surface area is 146 Å². The Morgan fingerprint density at radius 3 is 2.64 bits per heavy atom. The number of amides is 1. The predicted octanol–water partition coefficient (Wildman–Crippen LogP) is 1.85. The van der Waals surface area contributed by atoms with Gasteiger partial charge in [-0.1, -0.05) is 12.1 Å². The van der Waals surface area contributed by atoms with Gasteiger partial charge in [0.25, 0.3) is 0 Å². The SMILES string of the molecule is Cc1ccc2c(CC(=O)N3C[C@@H]4[C@H](C3)[C@@H]3CC[C@H]4N3)cc(=O)oc2c1. The highest BCUT2D eigenvalue weighted by Crippen LogP contribution is 2.43. The molecule has 0 unspecified atom stereocenters. The van der Waals surface area contributed by atoms with Crippen LogP contribution in [-0.4, -0.2) is 36.0 Å². The van der Waals surface area contributed by atoms with E-state index >= 15 is 0 Å². The highest BCUT2D eigenvalue weighted by Gasteiger charge is 2.52. The zero-order chi connectivity index (χ0) is 17.1. The Morgan fingerprint density at radius 1 is 1.20 bits per heavy atom. The number of hydrogen-bond acceptors (Lipinski definition) is 4. The first-order valence-corrected chi connectivity index (χ1v) is 9.16. The number of nitrogens with zero attached hydrogens (tertiary/aromatic N) is 1. The van der Waals surface area contributed by atoms with E-state index in [1.807, 2.05) is 30.0 Å². The number of carbonyl (C=O) groups excluding carboxylic acids is 1. The Kier molecular flexibility index (Phi) is 3.29. The van der Waals surface area contributed by atoms with E-state index in [1.54, 1.807) is 0 Å². The Balaban J connectivity index is 1.40. The predicted molar refractivity (Wildman–Crippen MR) is 94.4 cm³/mol. The third-order valence-electron chi connectivity index (χ3n) is 6.34. The van der Waals surface area contributed by atoms with Crippen LogP contribution in [0.15, 0.2) is 33.5 Å². The van der Waals surface area contributed by atoms with Crippen molar-refractivity contribution in [2.45, 2.75) is 38.3 Å². The molecule has 5 heteroatoms. The number of nitrogens with one attached hydrogen (secondary N) is 1. The molecule has 3 aliphatic rings.